The van der Waals surface area contributed by atoms with Crippen molar-refractivity contribution in [3.05, 3.63) is 16.6 Å². The zero-order valence-corrected chi connectivity index (χ0v) is 5.54. The van der Waals surface area contributed by atoms with E-state index in [9.17, 15) is 4.79 Å². The second-order valence-electron chi connectivity index (χ2n) is 2.63. The third-order valence-corrected chi connectivity index (χ3v) is 1.96. The van der Waals surface area contributed by atoms with E-state index in [1.165, 1.54) is 12.6 Å². The SMILES string of the molecule is O=c1c[n+](C2CCC2)[nH]o1. The van der Waals surface area contributed by atoms with Crippen LogP contribution in [0.2, 0.25) is 0 Å². The first-order valence-corrected chi connectivity index (χ1v) is 3.46. The topological polar surface area (TPSA) is 49.9 Å². The van der Waals surface area contributed by atoms with Crippen LogP contribution in [0.5, 0.6) is 0 Å². The van der Waals surface area contributed by atoms with Gasteiger partial charge in [-0.15, -0.1) is 0 Å². The lowest BCUT2D eigenvalue weighted by atomic mass is 9.93. The maximum Gasteiger partial charge on any atom is 0.426 e. The number of aromatic nitrogens is 2. The van der Waals surface area contributed by atoms with E-state index in [-0.39, 0.29) is 5.63 Å². The zero-order valence-electron chi connectivity index (χ0n) is 5.54. The summed E-state index contributed by atoms with van der Waals surface area (Å²) in [6, 6.07) is 0.478. The fourth-order valence-corrected chi connectivity index (χ4v) is 1.11. The van der Waals surface area contributed by atoms with E-state index in [2.05, 4.69) is 9.79 Å². The fraction of sp³-hybridized carbons (Fsp3) is 0.667. The highest BCUT2D eigenvalue weighted by Gasteiger charge is 2.28. The molecule has 0 bridgehead atoms. The molecule has 0 amide bonds. The van der Waals surface area contributed by atoms with Crippen molar-refractivity contribution in [2.24, 2.45) is 0 Å². The van der Waals surface area contributed by atoms with Gasteiger partial charge < -0.3 is 0 Å². The Hall–Kier alpha value is -1.06. The van der Waals surface area contributed by atoms with Crippen LogP contribution in [0.15, 0.2) is 15.5 Å². The molecule has 1 aromatic heterocycles. The Bertz CT molecular complexity index is 271. The summed E-state index contributed by atoms with van der Waals surface area (Å²) in [5.74, 6) is 0. The largest absolute Gasteiger partial charge is 0.426 e. The van der Waals surface area contributed by atoms with Crippen LogP contribution in [0.4, 0.5) is 0 Å². The summed E-state index contributed by atoms with van der Waals surface area (Å²) in [5, 5.41) is 2.54. The molecule has 4 heteroatoms. The number of aromatic amines is 1. The molecule has 1 N–H and O–H groups in total. The molecular formula is C6H9N2O2+. The molecule has 54 valence electrons. The second-order valence-corrected chi connectivity index (χ2v) is 2.63. The van der Waals surface area contributed by atoms with Gasteiger partial charge in [-0.05, 0) is 11.7 Å². The van der Waals surface area contributed by atoms with Crippen molar-refractivity contribution in [2.75, 3.05) is 0 Å². The lowest BCUT2D eigenvalue weighted by molar-refractivity contribution is -0.793. The molecule has 0 saturated heterocycles. The highest BCUT2D eigenvalue weighted by atomic mass is 16.5. The monoisotopic (exact) mass is 141 g/mol. The smallest absolute Gasteiger partial charge is 0.284 e. The molecule has 0 unspecified atom stereocenters. The molecule has 1 heterocycles. The predicted octanol–water partition coefficient (Wildman–Crippen LogP) is -0.0196. The van der Waals surface area contributed by atoms with E-state index in [1.807, 2.05) is 0 Å². The van der Waals surface area contributed by atoms with Gasteiger partial charge in [0.15, 0.2) is 6.04 Å². The summed E-state index contributed by atoms with van der Waals surface area (Å²) in [7, 11) is 0. The van der Waals surface area contributed by atoms with Crippen LogP contribution in [-0.2, 0) is 0 Å². The van der Waals surface area contributed by atoms with Crippen molar-refractivity contribution in [2.45, 2.75) is 25.3 Å². The van der Waals surface area contributed by atoms with Crippen LogP contribution in [-0.4, -0.2) is 5.27 Å². The molecule has 1 saturated carbocycles. The summed E-state index contributed by atoms with van der Waals surface area (Å²) in [6.07, 6.45) is 5.02. The summed E-state index contributed by atoms with van der Waals surface area (Å²) in [5.41, 5.74) is -0.299. The summed E-state index contributed by atoms with van der Waals surface area (Å²) < 4.78 is 6.25. The van der Waals surface area contributed by atoms with E-state index >= 15 is 0 Å². The maximum atomic E-state index is 10.5. The number of H-pyrrole nitrogens is 1. The van der Waals surface area contributed by atoms with Gasteiger partial charge in [0.05, 0.1) is 0 Å². The fourth-order valence-electron chi connectivity index (χ4n) is 1.11. The van der Waals surface area contributed by atoms with E-state index in [0.29, 0.717) is 6.04 Å². The van der Waals surface area contributed by atoms with Crippen LogP contribution < -0.4 is 10.3 Å². The molecule has 1 fully saturated rings. The average Bonchev–Trinajstić information content (AvgIpc) is 2.10. The Morgan fingerprint density at radius 3 is 2.90 bits per heavy atom. The van der Waals surface area contributed by atoms with Crippen molar-refractivity contribution in [3.8, 4) is 0 Å². The van der Waals surface area contributed by atoms with Crippen LogP contribution in [0.3, 0.4) is 0 Å². The van der Waals surface area contributed by atoms with E-state index in [0.717, 1.165) is 12.8 Å². The second kappa shape index (κ2) is 1.97. The van der Waals surface area contributed by atoms with Crippen molar-refractivity contribution in [1.29, 1.82) is 0 Å². The first kappa shape index (κ1) is 5.70. The van der Waals surface area contributed by atoms with Gasteiger partial charge in [-0.2, -0.15) is 0 Å². The molecule has 1 aromatic rings. The summed E-state index contributed by atoms with van der Waals surface area (Å²) >= 11 is 0. The maximum absolute atomic E-state index is 10.5. The van der Waals surface area contributed by atoms with Crippen LogP contribution in [0.1, 0.15) is 25.3 Å². The van der Waals surface area contributed by atoms with Crippen molar-refractivity contribution >= 4 is 0 Å². The number of hydrogen-bond donors (Lipinski definition) is 1. The standard InChI is InChI=1S/C6H8N2O2/c9-6-4-8(7-10-6)5-2-1-3-5/h4-5H,1-3H2/p+1. The van der Waals surface area contributed by atoms with Gasteiger partial charge in [-0.3, -0.25) is 4.52 Å². The van der Waals surface area contributed by atoms with Crippen LogP contribution in [0.25, 0.3) is 0 Å². The molecule has 1 aliphatic carbocycles. The quantitative estimate of drug-likeness (QED) is 0.559. The number of nitrogens with zero attached hydrogens (tertiary/aromatic N) is 1. The number of hydrogen-bond acceptors (Lipinski definition) is 2. The minimum absolute atomic E-state index is 0.299. The van der Waals surface area contributed by atoms with Gasteiger partial charge in [0, 0.05) is 12.8 Å². The highest BCUT2D eigenvalue weighted by molar-refractivity contribution is 4.63. The summed E-state index contributed by atoms with van der Waals surface area (Å²) in [6.45, 7) is 0. The molecule has 0 aromatic carbocycles. The lowest BCUT2D eigenvalue weighted by Crippen LogP contribution is -2.44. The average molecular weight is 141 g/mol. The first-order valence-electron chi connectivity index (χ1n) is 3.46. The highest BCUT2D eigenvalue weighted by Crippen LogP contribution is 2.25. The molecule has 4 nitrogen and oxygen atoms in total. The van der Waals surface area contributed by atoms with E-state index in [1.54, 1.807) is 4.68 Å². The van der Waals surface area contributed by atoms with Crippen LogP contribution >= 0.6 is 0 Å². The predicted molar refractivity (Wildman–Crippen MR) is 32.4 cm³/mol. The molecular weight excluding hydrogens is 132 g/mol. The van der Waals surface area contributed by atoms with E-state index < -0.39 is 0 Å². The van der Waals surface area contributed by atoms with E-state index in [4.69, 9.17) is 0 Å². The van der Waals surface area contributed by atoms with Crippen molar-refractivity contribution in [1.82, 2.24) is 5.27 Å². The Morgan fingerprint density at radius 1 is 1.70 bits per heavy atom. The van der Waals surface area contributed by atoms with Gasteiger partial charge in [0.1, 0.15) is 0 Å². The zero-order chi connectivity index (χ0) is 6.97. The van der Waals surface area contributed by atoms with Gasteiger partial charge >= 0.3 is 5.63 Å². The minimum atomic E-state index is -0.299. The molecule has 1 aliphatic rings. The number of nitrogens with one attached hydrogen (secondary N) is 1. The molecule has 0 atom stereocenters. The number of rotatable bonds is 1. The molecule has 0 aliphatic heterocycles. The van der Waals surface area contributed by atoms with Crippen molar-refractivity contribution < 1.29 is 9.20 Å². The lowest BCUT2D eigenvalue weighted by Gasteiger charge is -2.15. The van der Waals surface area contributed by atoms with Gasteiger partial charge in [-0.25, -0.2) is 4.79 Å². The Morgan fingerprint density at radius 2 is 2.50 bits per heavy atom. The molecule has 0 spiro atoms. The Balaban J connectivity index is 2.25. The molecule has 0 radical (unpaired) electrons. The third-order valence-electron chi connectivity index (χ3n) is 1.96. The first-order chi connectivity index (χ1) is 4.86. The Kier molecular flexibility index (Phi) is 1.12. The Labute approximate surface area is 57.4 Å². The normalized spacial score (nSPS) is 18.8. The third kappa shape index (κ3) is 0.761. The molecule has 2 rings (SSSR count). The van der Waals surface area contributed by atoms with Gasteiger partial charge in [0.25, 0.3) is 6.20 Å². The van der Waals surface area contributed by atoms with Gasteiger partial charge in [-0.1, -0.05) is 4.68 Å². The van der Waals surface area contributed by atoms with Gasteiger partial charge in [0.2, 0.25) is 0 Å². The molecule has 10 heavy (non-hydrogen) atoms. The minimum Gasteiger partial charge on any atom is -0.284 e. The summed E-state index contributed by atoms with van der Waals surface area (Å²) in [4.78, 5) is 10.5. The van der Waals surface area contributed by atoms with Crippen LogP contribution in [0, 0.1) is 0 Å². The van der Waals surface area contributed by atoms with Crippen molar-refractivity contribution in [3.63, 3.8) is 0 Å².